The van der Waals surface area contributed by atoms with E-state index in [1.54, 1.807) is 18.2 Å². The van der Waals surface area contributed by atoms with E-state index in [0.717, 1.165) is 4.47 Å². The van der Waals surface area contributed by atoms with Crippen molar-refractivity contribution in [3.8, 4) is 5.75 Å². The Hall–Kier alpha value is -0.300. The first-order valence-electron chi connectivity index (χ1n) is 5.77. The van der Waals surface area contributed by atoms with Crippen LogP contribution >= 0.6 is 27.5 Å². The highest BCUT2D eigenvalue weighted by Gasteiger charge is 2.20. The Bertz CT molecular complexity index is 534. The van der Waals surface area contributed by atoms with Crippen LogP contribution in [0.4, 0.5) is 0 Å². The number of halogens is 2. The van der Waals surface area contributed by atoms with Gasteiger partial charge in [0.2, 0.25) is 10.0 Å². The van der Waals surface area contributed by atoms with Crippen molar-refractivity contribution in [2.45, 2.75) is 13.8 Å². The molecule has 0 saturated carbocycles. The lowest BCUT2D eigenvalue weighted by Crippen LogP contribution is -2.30. The minimum absolute atomic E-state index is 0.0874. The molecule has 0 aliphatic carbocycles. The molecule has 0 radical (unpaired) electrons. The standard InChI is InChI=1S/C12H17BrClNO3S/c1-8(2)9(7-19(15,16)17)6-18-12-4-3-10(14)5-11(12)13/h3-5,8-9H,6-7H2,1-2H3,(H2,15,16,17). The van der Waals surface area contributed by atoms with E-state index in [9.17, 15) is 8.42 Å². The zero-order valence-electron chi connectivity index (χ0n) is 10.8. The van der Waals surface area contributed by atoms with Crippen LogP contribution in [-0.2, 0) is 10.0 Å². The van der Waals surface area contributed by atoms with Gasteiger partial charge in [-0.3, -0.25) is 0 Å². The van der Waals surface area contributed by atoms with Gasteiger partial charge < -0.3 is 4.74 Å². The molecule has 0 aromatic heterocycles. The molecule has 0 amide bonds. The molecule has 1 aromatic rings. The fraction of sp³-hybridized carbons (Fsp3) is 0.500. The summed E-state index contributed by atoms with van der Waals surface area (Å²) in [6.45, 7) is 4.17. The van der Waals surface area contributed by atoms with Crippen LogP contribution in [0.5, 0.6) is 5.75 Å². The molecule has 1 rings (SSSR count). The Morgan fingerprint density at radius 3 is 2.53 bits per heavy atom. The van der Waals surface area contributed by atoms with Crippen molar-refractivity contribution >= 4 is 37.6 Å². The van der Waals surface area contributed by atoms with Crippen LogP contribution in [-0.4, -0.2) is 20.8 Å². The molecule has 0 bridgehead atoms. The predicted molar refractivity (Wildman–Crippen MR) is 80.9 cm³/mol. The molecule has 2 N–H and O–H groups in total. The second kappa shape index (κ2) is 6.92. The van der Waals surface area contributed by atoms with Gasteiger partial charge in [0.05, 0.1) is 16.8 Å². The van der Waals surface area contributed by atoms with Crippen LogP contribution in [0.25, 0.3) is 0 Å². The first-order valence-corrected chi connectivity index (χ1v) is 8.66. The quantitative estimate of drug-likeness (QED) is 0.836. The Morgan fingerprint density at radius 1 is 1.42 bits per heavy atom. The lowest BCUT2D eigenvalue weighted by atomic mass is 9.99. The molecule has 108 valence electrons. The number of sulfonamides is 1. The summed E-state index contributed by atoms with van der Waals surface area (Å²) in [5.41, 5.74) is 0. The Balaban J connectivity index is 2.71. The van der Waals surface area contributed by atoms with E-state index in [2.05, 4.69) is 15.9 Å². The van der Waals surface area contributed by atoms with Gasteiger partial charge >= 0.3 is 0 Å². The van der Waals surface area contributed by atoms with Crippen molar-refractivity contribution in [2.24, 2.45) is 17.0 Å². The Labute approximate surface area is 127 Å². The lowest BCUT2D eigenvalue weighted by molar-refractivity contribution is 0.223. The highest BCUT2D eigenvalue weighted by molar-refractivity contribution is 9.10. The van der Waals surface area contributed by atoms with Crippen LogP contribution in [0, 0.1) is 11.8 Å². The highest BCUT2D eigenvalue weighted by Crippen LogP contribution is 2.28. The van der Waals surface area contributed by atoms with E-state index in [1.165, 1.54) is 0 Å². The topological polar surface area (TPSA) is 69.4 Å². The maximum Gasteiger partial charge on any atom is 0.209 e. The number of nitrogens with two attached hydrogens (primary N) is 1. The zero-order chi connectivity index (χ0) is 14.6. The van der Waals surface area contributed by atoms with Crippen LogP contribution in [0.2, 0.25) is 5.02 Å². The molecule has 0 fully saturated rings. The van der Waals surface area contributed by atoms with Crippen molar-refractivity contribution in [3.63, 3.8) is 0 Å². The first kappa shape index (κ1) is 16.8. The van der Waals surface area contributed by atoms with Gasteiger partial charge in [-0.2, -0.15) is 0 Å². The molecule has 1 atom stereocenters. The predicted octanol–water partition coefficient (Wildman–Crippen LogP) is 3.04. The van der Waals surface area contributed by atoms with Crippen molar-refractivity contribution in [2.75, 3.05) is 12.4 Å². The molecule has 1 aromatic carbocycles. The number of ether oxygens (including phenoxy) is 1. The van der Waals surface area contributed by atoms with Gasteiger partial charge in [-0.1, -0.05) is 25.4 Å². The molecule has 19 heavy (non-hydrogen) atoms. The van der Waals surface area contributed by atoms with E-state index in [-0.39, 0.29) is 24.2 Å². The summed E-state index contributed by atoms with van der Waals surface area (Å²) in [6, 6.07) is 5.17. The number of primary sulfonamides is 1. The minimum Gasteiger partial charge on any atom is -0.492 e. The van der Waals surface area contributed by atoms with E-state index in [0.29, 0.717) is 10.8 Å². The maximum atomic E-state index is 11.2. The molecule has 0 spiro atoms. The third-order valence-corrected chi connectivity index (χ3v) is 4.48. The summed E-state index contributed by atoms with van der Waals surface area (Å²) in [5.74, 6) is 0.544. The fourth-order valence-electron chi connectivity index (χ4n) is 1.52. The summed E-state index contributed by atoms with van der Waals surface area (Å²) in [4.78, 5) is 0. The monoisotopic (exact) mass is 369 g/mol. The number of hydrogen-bond acceptors (Lipinski definition) is 3. The van der Waals surface area contributed by atoms with Crippen molar-refractivity contribution in [1.29, 1.82) is 0 Å². The molecule has 0 saturated heterocycles. The number of rotatable bonds is 6. The second-order valence-corrected chi connectivity index (χ2v) is 7.67. The molecule has 0 aliphatic rings. The smallest absolute Gasteiger partial charge is 0.209 e. The molecule has 4 nitrogen and oxygen atoms in total. The third kappa shape index (κ3) is 6.12. The van der Waals surface area contributed by atoms with E-state index in [4.69, 9.17) is 21.5 Å². The Kier molecular flexibility index (Phi) is 6.11. The van der Waals surface area contributed by atoms with Gasteiger partial charge in [0, 0.05) is 10.9 Å². The minimum atomic E-state index is -3.50. The number of hydrogen-bond donors (Lipinski definition) is 1. The molecule has 1 unspecified atom stereocenters. The van der Waals surface area contributed by atoms with Crippen LogP contribution < -0.4 is 9.88 Å². The number of benzene rings is 1. The Morgan fingerprint density at radius 2 is 2.05 bits per heavy atom. The van der Waals surface area contributed by atoms with Crippen LogP contribution in [0.1, 0.15) is 13.8 Å². The molecular weight excluding hydrogens is 354 g/mol. The van der Waals surface area contributed by atoms with Gasteiger partial charge in [0.15, 0.2) is 0 Å². The average Bonchev–Trinajstić information content (AvgIpc) is 2.24. The van der Waals surface area contributed by atoms with E-state index in [1.807, 2.05) is 13.8 Å². The SMILES string of the molecule is CC(C)C(COc1ccc(Cl)cc1Br)CS(N)(=O)=O. The van der Waals surface area contributed by atoms with E-state index < -0.39 is 10.0 Å². The van der Waals surface area contributed by atoms with Crippen molar-refractivity contribution in [3.05, 3.63) is 27.7 Å². The van der Waals surface area contributed by atoms with Gasteiger partial charge in [-0.25, -0.2) is 13.6 Å². The molecular formula is C12H17BrClNO3S. The normalized spacial score (nSPS) is 13.6. The highest BCUT2D eigenvalue weighted by atomic mass is 79.9. The average molecular weight is 371 g/mol. The maximum absolute atomic E-state index is 11.2. The lowest BCUT2D eigenvalue weighted by Gasteiger charge is -2.20. The second-order valence-electron chi connectivity index (χ2n) is 4.72. The fourth-order valence-corrected chi connectivity index (χ4v) is 3.40. The first-order chi connectivity index (χ1) is 8.69. The largest absolute Gasteiger partial charge is 0.492 e. The van der Waals surface area contributed by atoms with Gasteiger partial charge in [-0.15, -0.1) is 0 Å². The van der Waals surface area contributed by atoms with Gasteiger partial charge in [0.1, 0.15) is 5.75 Å². The molecule has 7 heteroatoms. The van der Waals surface area contributed by atoms with Crippen molar-refractivity contribution < 1.29 is 13.2 Å². The van der Waals surface area contributed by atoms with Gasteiger partial charge in [-0.05, 0) is 40.0 Å². The van der Waals surface area contributed by atoms with Gasteiger partial charge in [0.25, 0.3) is 0 Å². The van der Waals surface area contributed by atoms with Crippen LogP contribution in [0.3, 0.4) is 0 Å². The van der Waals surface area contributed by atoms with Crippen LogP contribution in [0.15, 0.2) is 22.7 Å². The summed E-state index contributed by atoms with van der Waals surface area (Å²) in [6.07, 6.45) is 0. The summed E-state index contributed by atoms with van der Waals surface area (Å²) < 4.78 is 28.7. The third-order valence-electron chi connectivity index (χ3n) is 2.74. The summed E-state index contributed by atoms with van der Waals surface area (Å²) in [7, 11) is -3.50. The summed E-state index contributed by atoms with van der Waals surface area (Å²) >= 11 is 9.18. The molecule has 0 heterocycles. The van der Waals surface area contributed by atoms with E-state index >= 15 is 0 Å². The zero-order valence-corrected chi connectivity index (χ0v) is 13.9. The summed E-state index contributed by atoms with van der Waals surface area (Å²) in [5, 5.41) is 5.68. The molecule has 0 aliphatic heterocycles. The van der Waals surface area contributed by atoms with Crippen molar-refractivity contribution in [1.82, 2.24) is 0 Å².